The lowest BCUT2D eigenvalue weighted by atomic mass is 9.93. The number of carbonyl (C=O) groups excluding carboxylic acids is 2. The standard InChI is InChI=1S/C17H23N3O2.ClH/c1-13(21)20-11-8-14-6-2-3-7-15(14)16(20)12-17(22)19-10-5-4-9-18;/h2-3,6-8,11,16H,4-5,9-10,12,18H2,1H3,(H,19,22);1H. The quantitative estimate of drug-likeness (QED) is 0.781. The van der Waals surface area contributed by atoms with Crippen molar-refractivity contribution < 1.29 is 9.59 Å². The van der Waals surface area contributed by atoms with Crippen molar-refractivity contribution in [2.45, 2.75) is 32.2 Å². The molecule has 0 aromatic heterocycles. The summed E-state index contributed by atoms with van der Waals surface area (Å²) in [4.78, 5) is 25.6. The molecule has 0 spiro atoms. The molecule has 0 radical (unpaired) electrons. The fraction of sp³-hybridized carbons (Fsp3) is 0.412. The minimum absolute atomic E-state index is 0. The molecule has 0 aliphatic carbocycles. The van der Waals surface area contributed by atoms with Crippen molar-refractivity contribution in [3.05, 3.63) is 41.6 Å². The van der Waals surface area contributed by atoms with E-state index in [1.54, 1.807) is 11.1 Å². The molecular formula is C17H24ClN3O2. The van der Waals surface area contributed by atoms with Crippen LogP contribution in [0.1, 0.15) is 43.4 Å². The second-order valence-corrected chi connectivity index (χ2v) is 5.44. The Morgan fingerprint density at radius 3 is 2.70 bits per heavy atom. The molecule has 0 saturated heterocycles. The maximum absolute atomic E-state index is 12.1. The number of unbranched alkanes of at least 4 members (excludes halogenated alkanes) is 1. The van der Waals surface area contributed by atoms with E-state index in [-0.39, 0.29) is 36.7 Å². The molecule has 2 rings (SSSR count). The molecular weight excluding hydrogens is 314 g/mol. The van der Waals surface area contributed by atoms with Crippen molar-refractivity contribution in [2.24, 2.45) is 5.73 Å². The number of fused-ring (bicyclic) bond motifs is 1. The Kier molecular flexibility index (Phi) is 7.78. The van der Waals surface area contributed by atoms with Crippen molar-refractivity contribution in [1.82, 2.24) is 10.2 Å². The maximum Gasteiger partial charge on any atom is 0.223 e. The van der Waals surface area contributed by atoms with Crippen LogP contribution in [0.2, 0.25) is 0 Å². The largest absolute Gasteiger partial charge is 0.356 e. The second kappa shape index (κ2) is 9.33. The first-order chi connectivity index (χ1) is 10.6. The van der Waals surface area contributed by atoms with Crippen LogP contribution >= 0.6 is 12.4 Å². The van der Waals surface area contributed by atoms with E-state index in [0.717, 1.165) is 24.0 Å². The SMILES string of the molecule is CC(=O)N1C=Cc2ccccc2C1CC(=O)NCCCCN.Cl. The van der Waals surface area contributed by atoms with Crippen LogP contribution in [0.4, 0.5) is 0 Å². The van der Waals surface area contributed by atoms with Gasteiger partial charge in [0.2, 0.25) is 11.8 Å². The Bertz CT molecular complexity index is 575. The summed E-state index contributed by atoms with van der Waals surface area (Å²) in [5, 5.41) is 2.90. The molecule has 6 heteroatoms. The van der Waals surface area contributed by atoms with E-state index in [9.17, 15) is 9.59 Å². The second-order valence-electron chi connectivity index (χ2n) is 5.44. The number of nitrogens with one attached hydrogen (secondary N) is 1. The molecule has 1 heterocycles. The van der Waals surface area contributed by atoms with Crippen molar-refractivity contribution in [3.8, 4) is 0 Å². The van der Waals surface area contributed by atoms with Gasteiger partial charge in [-0.1, -0.05) is 24.3 Å². The number of carbonyl (C=O) groups is 2. The summed E-state index contributed by atoms with van der Waals surface area (Å²) >= 11 is 0. The molecule has 0 saturated carbocycles. The van der Waals surface area contributed by atoms with Gasteiger partial charge in [-0.3, -0.25) is 9.59 Å². The molecule has 2 amide bonds. The number of hydrogen-bond donors (Lipinski definition) is 2. The Morgan fingerprint density at radius 1 is 1.26 bits per heavy atom. The van der Waals surface area contributed by atoms with Gasteiger partial charge >= 0.3 is 0 Å². The van der Waals surface area contributed by atoms with Gasteiger partial charge < -0.3 is 16.0 Å². The number of amides is 2. The van der Waals surface area contributed by atoms with Gasteiger partial charge in [0.05, 0.1) is 12.5 Å². The van der Waals surface area contributed by atoms with E-state index in [1.165, 1.54) is 6.92 Å². The zero-order valence-electron chi connectivity index (χ0n) is 13.3. The number of rotatable bonds is 6. The molecule has 1 aromatic rings. The van der Waals surface area contributed by atoms with Crippen LogP contribution in [-0.4, -0.2) is 29.8 Å². The third-order valence-electron chi connectivity index (χ3n) is 3.80. The Labute approximate surface area is 143 Å². The monoisotopic (exact) mass is 337 g/mol. The van der Waals surface area contributed by atoms with Gasteiger partial charge in [0.1, 0.15) is 0 Å². The highest BCUT2D eigenvalue weighted by Crippen LogP contribution is 2.32. The molecule has 126 valence electrons. The fourth-order valence-corrected chi connectivity index (χ4v) is 2.66. The molecule has 1 aromatic carbocycles. The maximum atomic E-state index is 12.1. The highest BCUT2D eigenvalue weighted by atomic mass is 35.5. The lowest BCUT2D eigenvalue weighted by Gasteiger charge is -2.32. The van der Waals surface area contributed by atoms with Crippen LogP contribution in [0.25, 0.3) is 6.08 Å². The van der Waals surface area contributed by atoms with Gasteiger partial charge in [-0.15, -0.1) is 12.4 Å². The third-order valence-corrected chi connectivity index (χ3v) is 3.80. The highest BCUT2D eigenvalue weighted by Gasteiger charge is 2.27. The summed E-state index contributed by atoms with van der Waals surface area (Å²) in [5.74, 6) is -0.106. The summed E-state index contributed by atoms with van der Waals surface area (Å²) in [6, 6.07) is 7.61. The number of hydrogen-bond acceptors (Lipinski definition) is 3. The molecule has 23 heavy (non-hydrogen) atoms. The van der Waals surface area contributed by atoms with Gasteiger partial charge in [-0.2, -0.15) is 0 Å². The number of nitrogens with two attached hydrogens (primary N) is 1. The van der Waals surface area contributed by atoms with Gasteiger partial charge in [0.25, 0.3) is 0 Å². The van der Waals surface area contributed by atoms with E-state index < -0.39 is 0 Å². The predicted molar refractivity (Wildman–Crippen MR) is 93.9 cm³/mol. The summed E-state index contributed by atoms with van der Waals surface area (Å²) < 4.78 is 0. The summed E-state index contributed by atoms with van der Waals surface area (Å²) in [6.45, 7) is 2.78. The molecule has 5 nitrogen and oxygen atoms in total. The number of benzene rings is 1. The third kappa shape index (κ3) is 5.08. The zero-order valence-corrected chi connectivity index (χ0v) is 14.1. The van der Waals surface area contributed by atoms with Gasteiger partial charge in [0.15, 0.2) is 0 Å². The van der Waals surface area contributed by atoms with Gasteiger partial charge in [-0.25, -0.2) is 0 Å². The Balaban J connectivity index is 0.00000264. The predicted octanol–water partition coefficient (Wildman–Crippen LogP) is 2.23. The number of halogens is 1. The minimum Gasteiger partial charge on any atom is -0.356 e. The minimum atomic E-state index is -0.242. The first kappa shape index (κ1) is 19.2. The van der Waals surface area contributed by atoms with E-state index in [1.807, 2.05) is 30.3 Å². The first-order valence-corrected chi connectivity index (χ1v) is 7.66. The first-order valence-electron chi connectivity index (χ1n) is 7.66. The van der Waals surface area contributed by atoms with E-state index in [4.69, 9.17) is 5.73 Å². The van der Waals surface area contributed by atoms with Crippen LogP contribution in [0.3, 0.4) is 0 Å². The van der Waals surface area contributed by atoms with Crippen LogP contribution < -0.4 is 11.1 Å². The molecule has 0 bridgehead atoms. The molecule has 1 aliphatic heterocycles. The van der Waals surface area contributed by atoms with E-state index in [2.05, 4.69) is 5.32 Å². The number of nitrogens with zero attached hydrogens (tertiary/aromatic N) is 1. The average molecular weight is 338 g/mol. The van der Waals surface area contributed by atoms with Gasteiger partial charge in [0, 0.05) is 19.7 Å². The normalized spacial score (nSPS) is 15.6. The summed E-state index contributed by atoms with van der Waals surface area (Å²) in [6.07, 6.45) is 5.71. The topological polar surface area (TPSA) is 75.4 Å². The Morgan fingerprint density at radius 2 is 2.00 bits per heavy atom. The van der Waals surface area contributed by atoms with Crippen LogP contribution in [-0.2, 0) is 9.59 Å². The van der Waals surface area contributed by atoms with E-state index >= 15 is 0 Å². The highest BCUT2D eigenvalue weighted by molar-refractivity contribution is 5.85. The smallest absolute Gasteiger partial charge is 0.223 e. The zero-order chi connectivity index (χ0) is 15.9. The average Bonchev–Trinajstić information content (AvgIpc) is 2.51. The van der Waals surface area contributed by atoms with Crippen LogP contribution in [0.5, 0.6) is 0 Å². The van der Waals surface area contributed by atoms with Crippen molar-refractivity contribution >= 4 is 30.3 Å². The summed E-state index contributed by atoms with van der Waals surface area (Å²) in [7, 11) is 0. The molecule has 1 aliphatic rings. The van der Waals surface area contributed by atoms with Crippen molar-refractivity contribution in [1.29, 1.82) is 0 Å². The lowest BCUT2D eigenvalue weighted by molar-refractivity contribution is -0.129. The fourth-order valence-electron chi connectivity index (χ4n) is 2.66. The van der Waals surface area contributed by atoms with Crippen molar-refractivity contribution in [3.63, 3.8) is 0 Å². The van der Waals surface area contributed by atoms with Crippen LogP contribution in [0, 0.1) is 0 Å². The van der Waals surface area contributed by atoms with Crippen molar-refractivity contribution in [2.75, 3.05) is 13.1 Å². The Hall–Kier alpha value is -1.85. The molecule has 1 unspecified atom stereocenters. The lowest BCUT2D eigenvalue weighted by Crippen LogP contribution is -2.35. The molecule has 1 atom stereocenters. The van der Waals surface area contributed by atoms with Crippen LogP contribution in [0.15, 0.2) is 30.5 Å². The molecule has 3 N–H and O–H groups in total. The molecule has 0 fully saturated rings. The summed E-state index contributed by atoms with van der Waals surface area (Å²) in [5.41, 5.74) is 7.50. The van der Waals surface area contributed by atoms with E-state index in [0.29, 0.717) is 13.1 Å². The van der Waals surface area contributed by atoms with Gasteiger partial charge in [-0.05, 0) is 36.6 Å².